The van der Waals surface area contributed by atoms with E-state index < -0.39 is 11.6 Å². The molecule has 2 N–H and O–H groups in total. The Hall–Kier alpha value is -2.53. The number of rotatable bonds is 4. The maximum absolute atomic E-state index is 12.8. The van der Waals surface area contributed by atoms with Crippen LogP contribution in [-0.2, 0) is 10.3 Å². The molecule has 0 atom stereocenters. The van der Waals surface area contributed by atoms with Crippen molar-refractivity contribution in [1.29, 1.82) is 0 Å². The molecule has 2 aromatic rings. The molecule has 3 rings (SSSR count). The minimum absolute atomic E-state index is 0.0637. The summed E-state index contributed by atoms with van der Waals surface area (Å²) >= 11 is 0. The fourth-order valence-corrected chi connectivity index (χ4v) is 3.15. The average molecular weight is 327 g/mol. The number of ether oxygens (including phenoxy) is 2. The fraction of sp³-hybridized carbons (Fsp3) is 0.316. The number of piperidine rings is 1. The maximum Gasteiger partial charge on any atom is 0.346 e. The van der Waals surface area contributed by atoms with Crippen LogP contribution in [0.1, 0.15) is 28.8 Å². The van der Waals surface area contributed by atoms with Crippen LogP contribution in [0.4, 0.5) is 0 Å². The average Bonchev–Trinajstić information content (AvgIpc) is 2.62. The van der Waals surface area contributed by atoms with Gasteiger partial charge in [-0.05, 0) is 30.8 Å². The fourth-order valence-electron chi connectivity index (χ4n) is 3.15. The predicted octanol–water partition coefficient (Wildman–Crippen LogP) is 2.84. The number of aromatic hydroxyl groups is 1. The molecule has 1 aliphatic heterocycles. The first-order valence-electron chi connectivity index (χ1n) is 8.02. The van der Waals surface area contributed by atoms with Gasteiger partial charge in [0.05, 0.1) is 7.11 Å². The van der Waals surface area contributed by atoms with Crippen molar-refractivity contribution in [3.63, 3.8) is 0 Å². The Bertz CT molecular complexity index is 709. The highest BCUT2D eigenvalue weighted by atomic mass is 16.6. The smallest absolute Gasteiger partial charge is 0.346 e. The van der Waals surface area contributed by atoms with Gasteiger partial charge in [-0.2, -0.15) is 0 Å². The lowest BCUT2D eigenvalue weighted by Crippen LogP contribution is -2.43. The van der Waals surface area contributed by atoms with Crippen molar-refractivity contribution in [2.45, 2.75) is 18.4 Å². The molecule has 5 nitrogen and oxygen atoms in total. The standard InChI is InChI=1S/C19H21NO4/c1-23-16-9-5-8-15(21)17(16)18(22)24-19(10-12-20-13-11-19)14-6-3-2-4-7-14/h2-9,20-21H,10-13H2,1H3. The number of carbonyl (C=O) groups is 1. The first kappa shape index (κ1) is 16.3. The van der Waals surface area contributed by atoms with Gasteiger partial charge in [-0.3, -0.25) is 0 Å². The highest BCUT2D eigenvalue weighted by molar-refractivity contribution is 5.95. The van der Waals surface area contributed by atoms with E-state index in [2.05, 4.69) is 5.32 Å². The van der Waals surface area contributed by atoms with E-state index in [1.165, 1.54) is 13.2 Å². The van der Waals surface area contributed by atoms with Crippen LogP contribution in [-0.4, -0.2) is 31.3 Å². The minimum atomic E-state index is -0.698. The molecule has 24 heavy (non-hydrogen) atoms. The normalized spacial score (nSPS) is 16.4. The molecule has 5 heteroatoms. The molecule has 126 valence electrons. The van der Waals surface area contributed by atoms with Crippen molar-refractivity contribution in [3.8, 4) is 11.5 Å². The summed E-state index contributed by atoms with van der Waals surface area (Å²) in [6.45, 7) is 1.53. The maximum atomic E-state index is 12.8. The third kappa shape index (κ3) is 3.08. The highest BCUT2D eigenvalue weighted by Crippen LogP contribution is 2.38. The number of methoxy groups -OCH3 is 1. The molecule has 1 aliphatic rings. The van der Waals surface area contributed by atoms with E-state index in [0.29, 0.717) is 18.6 Å². The van der Waals surface area contributed by atoms with Crippen molar-refractivity contribution in [3.05, 3.63) is 59.7 Å². The van der Waals surface area contributed by atoms with Gasteiger partial charge in [0.25, 0.3) is 0 Å². The van der Waals surface area contributed by atoms with E-state index in [1.807, 2.05) is 30.3 Å². The largest absolute Gasteiger partial charge is 0.507 e. The van der Waals surface area contributed by atoms with E-state index in [4.69, 9.17) is 9.47 Å². The molecule has 0 bridgehead atoms. The molecule has 1 fully saturated rings. The van der Waals surface area contributed by atoms with Crippen LogP contribution < -0.4 is 10.1 Å². The Morgan fingerprint density at radius 1 is 1.08 bits per heavy atom. The summed E-state index contributed by atoms with van der Waals surface area (Å²) in [6.07, 6.45) is 1.36. The van der Waals surface area contributed by atoms with E-state index in [1.54, 1.807) is 12.1 Å². The van der Waals surface area contributed by atoms with E-state index in [-0.39, 0.29) is 11.3 Å². The monoisotopic (exact) mass is 327 g/mol. The molecule has 1 saturated heterocycles. The molecule has 0 radical (unpaired) electrons. The summed E-state index contributed by atoms with van der Waals surface area (Å²) < 4.78 is 11.2. The number of benzene rings is 2. The quantitative estimate of drug-likeness (QED) is 0.845. The number of hydrogen-bond donors (Lipinski definition) is 2. The van der Waals surface area contributed by atoms with Gasteiger partial charge in [0.15, 0.2) is 0 Å². The lowest BCUT2D eigenvalue weighted by Gasteiger charge is -2.37. The summed E-state index contributed by atoms with van der Waals surface area (Å²) in [5.41, 5.74) is 0.333. The van der Waals surface area contributed by atoms with Gasteiger partial charge in [0, 0.05) is 12.8 Å². The zero-order valence-corrected chi connectivity index (χ0v) is 13.6. The third-order valence-corrected chi connectivity index (χ3v) is 4.43. The molecule has 0 unspecified atom stereocenters. The van der Waals surface area contributed by atoms with Gasteiger partial charge in [0.1, 0.15) is 22.7 Å². The highest BCUT2D eigenvalue weighted by Gasteiger charge is 2.39. The second kappa shape index (κ2) is 6.93. The third-order valence-electron chi connectivity index (χ3n) is 4.43. The van der Waals surface area contributed by atoms with Crippen LogP contribution in [0.2, 0.25) is 0 Å². The Balaban J connectivity index is 1.96. The van der Waals surface area contributed by atoms with Crippen LogP contribution in [0.15, 0.2) is 48.5 Å². The van der Waals surface area contributed by atoms with Gasteiger partial charge < -0.3 is 19.9 Å². The summed E-state index contributed by atoms with van der Waals surface area (Å²) in [4.78, 5) is 12.8. The number of esters is 1. The van der Waals surface area contributed by atoms with Crippen molar-refractivity contribution < 1.29 is 19.4 Å². The summed E-state index contributed by atoms with van der Waals surface area (Å²) in [5.74, 6) is -0.413. The van der Waals surface area contributed by atoms with Crippen molar-refractivity contribution in [2.24, 2.45) is 0 Å². The molecular weight excluding hydrogens is 306 g/mol. The van der Waals surface area contributed by atoms with E-state index >= 15 is 0 Å². The van der Waals surface area contributed by atoms with Crippen LogP contribution in [0, 0.1) is 0 Å². The molecule has 0 aliphatic carbocycles. The zero-order valence-electron chi connectivity index (χ0n) is 13.6. The molecule has 0 saturated carbocycles. The van der Waals surface area contributed by atoms with Crippen LogP contribution in [0.25, 0.3) is 0 Å². The summed E-state index contributed by atoms with van der Waals surface area (Å²) in [6, 6.07) is 14.5. The van der Waals surface area contributed by atoms with E-state index in [0.717, 1.165) is 18.7 Å². The first-order valence-corrected chi connectivity index (χ1v) is 8.02. The molecular formula is C19H21NO4. The van der Waals surface area contributed by atoms with Gasteiger partial charge in [-0.15, -0.1) is 0 Å². The Labute approximate surface area is 141 Å². The molecule has 2 aromatic carbocycles. The van der Waals surface area contributed by atoms with Gasteiger partial charge in [-0.25, -0.2) is 4.79 Å². The SMILES string of the molecule is COc1cccc(O)c1C(=O)OC1(c2ccccc2)CCNCC1. The number of carbonyl (C=O) groups excluding carboxylic acids is 1. The van der Waals surface area contributed by atoms with Crippen LogP contribution in [0.3, 0.4) is 0 Å². The predicted molar refractivity (Wildman–Crippen MR) is 90.3 cm³/mol. The number of phenolic OH excluding ortho intramolecular Hbond substituents is 1. The summed E-state index contributed by atoms with van der Waals surface area (Å²) in [7, 11) is 1.46. The second-order valence-corrected chi connectivity index (χ2v) is 5.85. The molecule has 1 heterocycles. The van der Waals surface area contributed by atoms with Gasteiger partial charge >= 0.3 is 5.97 Å². The zero-order chi connectivity index (χ0) is 17.0. The summed E-state index contributed by atoms with van der Waals surface area (Å²) in [5, 5.41) is 13.4. The Morgan fingerprint density at radius 3 is 2.46 bits per heavy atom. The second-order valence-electron chi connectivity index (χ2n) is 5.85. The Kier molecular flexibility index (Phi) is 4.71. The van der Waals surface area contributed by atoms with Crippen LogP contribution in [0.5, 0.6) is 11.5 Å². The number of nitrogens with one attached hydrogen (secondary N) is 1. The minimum Gasteiger partial charge on any atom is -0.507 e. The topological polar surface area (TPSA) is 67.8 Å². The lowest BCUT2D eigenvalue weighted by molar-refractivity contribution is -0.0382. The molecule has 0 amide bonds. The molecule has 0 aromatic heterocycles. The van der Waals surface area contributed by atoms with Crippen molar-refractivity contribution in [2.75, 3.05) is 20.2 Å². The van der Waals surface area contributed by atoms with Gasteiger partial charge in [0.2, 0.25) is 0 Å². The van der Waals surface area contributed by atoms with Crippen LogP contribution >= 0.6 is 0 Å². The van der Waals surface area contributed by atoms with E-state index in [9.17, 15) is 9.90 Å². The van der Waals surface area contributed by atoms with Crippen molar-refractivity contribution >= 4 is 5.97 Å². The number of hydrogen-bond acceptors (Lipinski definition) is 5. The Morgan fingerprint density at radius 2 is 1.79 bits per heavy atom. The lowest BCUT2D eigenvalue weighted by atomic mass is 9.84. The van der Waals surface area contributed by atoms with Gasteiger partial charge in [-0.1, -0.05) is 36.4 Å². The number of phenols is 1. The first-order chi connectivity index (χ1) is 11.7. The molecule has 0 spiro atoms. The van der Waals surface area contributed by atoms with Crippen molar-refractivity contribution in [1.82, 2.24) is 5.32 Å².